The monoisotopic (exact) mass is 324 g/mol. The highest BCUT2D eigenvalue weighted by Crippen LogP contribution is 2.17. The van der Waals surface area contributed by atoms with Crippen LogP contribution in [-0.2, 0) is 30.2 Å². The Morgan fingerprint density at radius 2 is 1.70 bits per heavy atom. The lowest BCUT2D eigenvalue weighted by molar-refractivity contribution is -0.159. The van der Waals surface area contributed by atoms with Crippen LogP contribution in [0.2, 0.25) is 0 Å². The molecule has 1 aromatic rings. The van der Waals surface area contributed by atoms with Gasteiger partial charge < -0.3 is 18.9 Å². The fourth-order valence-electron chi connectivity index (χ4n) is 1.70. The van der Waals surface area contributed by atoms with E-state index in [-0.39, 0.29) is 12.8 Å². The third kappa shape index (κ3) is 6.28. The summed E-state index contributed by atoms with van der Waals surface area (Å²) in [6.45, 7) is 5.19. The maximum Gasteiger partial charge on any atom is 0.335 e. The molecule has 0 aliphatic rings. The minimum atomic E-state index is -0.639. The Kier molecular flexibility index (Phi) is 7.03. The van der Waals surface area contributed by atoms with Crippen molar-refractivity contribution in [3.8, 4) is 5.75 Å². The van der Waals surface area contributed by atoms with Gasteiger partial charge in [-0.05, 0) is 38.5 Å². The Balaban J connectivity index is 2.50. The third-order valence-corrected chi connectivity index (χ3v) is 3.12. The molecule has 0 saturated heterocycles. The summed E-state index contributed by atoms with van der Waals surface area (Å²) < 4.78 is 20.1. The van der Waals surface area contributed by atoms with E-state index in [0.717, 1.165) is 5.56 Å². The number of hydrogen-bond acceptors (Lipinski definition) is 6. The summed E-state index contributed by atoms with van der Waals surface area (Å²) in [7, 11) is 2.78. The van der Waals surface area contributed by atoms with Crippen molar-refractivity contribution in [2.75, 3.05) is 21.0 Å². The highest BCUT2D eigenvalue weighted by Gasteiger charge is 2.23. The van der Waals surface area contributed by atoms with Crippen LogP contribution in [0.15, 0.2) is 24.3 Å². The van der Waals surface area contributed by atoms with Crippen molar-refractivity contribution in [1.82, 2.24) is 0 Å². The fourth-order valence-corrected chi connectivity index (χ4v) is 1.70. The molecule has 23 heavy (non-hydrogen) atoms. The zero-order chi connectivity index (χ0) is 17.5. The van der Waals surface area contributed by atoms with E-state index in [1.807, 2.05) is 12.1 Å². The standard InChI is InChI=1S/C17H24O6/c1-17(2,3)16(19)23-11-22-13-8-6-12(7-9-13)10-14(20-4)15(18)21-5/h6-9,14H,10-11H2,1-5H3/t14-/m1/s1. The van der Waals surface area contributed by atoms with E-state index >= 15 is 0 Å². The van der Waals surface area contributed by atoms with Crippen molar-refractivity contribution in [3.05, 3.63) is 29.8 Å². The van der Waals surface area contributed by atoms with E-state index in [4.69, 9.17) is 14.2 Å². The number of rotatable bonds is 7. The Labute approximate surface area is 136 Å². The van der Waals surface area contributed by atoms with Gasteiger partial charge in [-0.3, -0.25) is 4.79 Å². The van der Waals surface area contributed by atoms with Crippen molar-refractivity contribution >= 4 is 11.9 Å². The predicted molar refractivity (Wildman–Crippen MR) is 84.0 cm³/mol. The molecule has 0 N–H and O–H groups in total. The Morgan fingerprint density at radius 3 is 2.17 bits per heavy atom. The Bertz CT molecular complexity index is 515. The molecule has 0 fully saturated rings. The average Bonchev–Trinajstić information content (AvgIpc) is 2.52. The molecule has 1 atom stereocenters. The number of esters is 2. The van der Waals surface area contributed by atoms with Gasteiger partial charge in [0, 0.05) is 13.5 Å². The summed E-state index contributed by atoms with van der Waals surface area (Å²) in [6.07, 6.45) is -0.234. The number of benzene rings is 1. The summed E-state index contributed by atoms with van der Waals surface area (Å²) >= 11 is 0. The minimum Gasteiger partial charge on any atom is -0.467 e. The van der Waals surface area contributed by atoms with Gasteiger partial charge in [0.15, 0.2) is 6.10 Å². The summed E-state index contributed by atoms with van der Waals surface area (Å²) in [5.41, 5.74) is 0.345. The molecule has 0 aromatic heterocycles. The van der Waals surface area contributed by atoms with Crippen LogP contribution >= 0.6 is 0 Å². The quantitative estimate of drug-likeness (QED) is 0.566. The van der Waals surface area contributed by atoms with E-state index in [9.17, 15) is 9.59 Å². The van der Waals surface area contributed by atoms with Crippen molar-refractivity contribution in [2.45, 2.75) is 33.3 Å². The molecular weight excluding hydrogens is 300 g/mol. The summed E-state index contributed by atoms with van der Waals surface area (Å²) in [4.78, 5) is 23.1. The molecule has 0 unspecified atom stereocenters. The van der Waals surface area contributed by atoms with E-state index < -0.39 is 17.5 Å². The van der Waals surface area contributed by atoms with Gasteiger partial charge in [-0.15, -0.1) is 0 Å². The minimum absolute atomic E-state index is 0.141. The Hall–Kier alpha value is -2.08. The van der Waals surface area contributed by atoms with Crippen LogP contribution in [0, 0.1) is 5.41 Å². The van der Waals surface area contributed by atoms with Gasteiger partial charge in [0.05, 0.1) is 12.5 Å². The fraction of sp³-hybridized carbons (Fsp3) is 0.529. The van der Waals surface area contributed by atoms with E-state index in [0.29, 0.717) is 12.2 Å². The van der Waals surface area contributed by atoms with Gasteiger partial charge >= 0.3 is 11.9 Å². The normalized spacial score (nSPS) is 12.4. The molecule has 0 saturated carbocycles. The first kappa shape index (κ1) is 19.0. The molecule has 0 radical (unpaired) electrons. The SMILES string of the molecule is COC(=O)[C@@H](Cc1ccc(OCOC(=O)C(C)(C)C)cc1)OC. The second-order valence-corrected chi connectivity index (χ2v) is 6.04. The summed E-state index contributed by atoms with van der Waals surface area (Å²) in [5.74, 6) is -0.167. The van der Waals surface area contributed by atoms with Gasteiger partial charge in [0.1, 0.15) is 5.75 Å². The molecule has 0 heterocycles. The number of carbonyl (C=O) groups is 2. The van der Waals surface area contributed by atoms with Crippen LogP contribution in [0.5, 0.6) is 5.75 Å². The highest BCUT2D eigenvalue weighted by atomic mass is 16.7. The van der Waals surface area contributed by atoms with E-state index in [2.05, 4.69) is 4.74 Å². The van der Waals surface area contributed by atoms with Crippen molar-refractivity contribution < 1.29 is 28.5 Å². The van der Waals surface area contributed by atoms with Crippen LogP contribution in [0.3, 0.4) is 0 Å². The molecular formula is C17H24O6. The lowest BCUT2D eigenvalue weighted by atomic mass is 9.98. The van der Waals surface area contributed by atoms with Crippen LogP contribution in [-0.4, -0.2) is 39.1 Å². The first-order valence-corrected chi connectivity index (χ1v) is 7.27. The van der Waals surface area contributed by atoms with Crippen molar-refractivity contribution in [2.24, 2.45) is 5.41 Å². The average molecular weight is 324 g/mol. The van der Waals surface area contributed by atoms with E-state index in [1.165, 1.54) is 14.2 Å². The predicted octanol–water partition coefficient (Wildman–Crippen LogP) is 2.34. The second kappa shape index (κ2) is 8.53. The number of ether oxygens (including phenoxy) is 4. The zero-order valence-corrected chi connectivity index (χ0v) is 14.3. The van der Waals surface area contributed by atoms with Crippen molar-refractivity contribution in [1.29, 1.82) is 0 Å². The molecule has 128 valence electrons. The highest BCUT2D eigenvalue weighted by molar-refractivity contribution is 5.75. The van der Waals surface area contributed by atoms with Gasteiger partial charge in [-0.2, -0.15) is 0 Å². The molecule has 0 spiro atoms. The Morgan fingerprint density at radius 1 is 1.09 bits per heavy atom. The molecule has 1 aromatic carbocycles. The molecule has 0 aliphatic heterocycles. The molecule has 0 aliphatic carbocycles. The van der Waals surface area contributed by atoms with Crippen LogP contribution in [0.25, 0.3) is 0 Å². The topological polar surface area (TPSA) is 71.1 Å². The number of methoxy groups -OCH3 is 2. The molecule has 1 rings (SSSR count). The zero-order valence-electron chi connectivity index (χ0n) is 14.3. The maximum atomic E-state index is 11.6. The lowest BCUT2D eigenvalue weighted by Gasteiger charge is -2.17. The summed E-state index contributed by atoms with van der Waals surface area (Å²) in [6, 6.07) is 7.11. The first-order valence-electron chi connectivity index (χ1n) is 7.27. The van der Waals surface area contributed by atoms with Crippen molar-refractivity contribution in [3.63, 3.8) is 0 Å². The van der Waals surface area contributed by atoms with E-state index in [1.54, 1.807) is 32.9 Å². The molecule has 6 nitrogen and oxygen atoms in total. The first-order chi connectivity index (χ1) is 10.8. The third-order valence-electron chi connectivity index (χ3n) is 3.12. The maximum absolute atomic E-state index is 11.6. The number of hydrogen-bond donors (Lipinski definition) is 0. The van der Waals surface area contributed by atoms with Crippen LogP contribution in [0.1, 0.15) is 26.3 Å². The van der Waals surface area contributed by atoms with Crippen LogP contribution in [0.4, 0.5) is 0 Å². The van der Waals surface area contributed by atoms with Gasteiger partial charge in [0.2, 0.25) is 6.79 Å². The molecule has 6 heteroatoms. The van der Waals surface area contributed by atoms with Gasteiger partial charge in [0.25, 0.3) is 0 Å². The second-order valence-electron chi connectivity index (χ2n) is 6.04. The smallest absolute Gasteiger partial charge is 0.335 e. The van der Waals surface area contributed by atoms with Gasteiger partial charge in [-0.1, -0.05) is 12.1 Å². The van der Waals surface area contributed by atoms with Gasteiger partial charge in [-0.25, -0.2) is 4.79 Å². The summed E-state index contributed by atoms with van der Waals surface area (Å²) in [5, 5.41) is 0. The molecule has 0 amide bonds. The largest absolute Gasteiger partial charge is 0.467 e. The molecule has 0 bridgehead atoms. The van der Waals surface area contributed by atoms with Crippen LogP contribution < -0.4 is 4.74 Å². The number of carbonyl (C=O) groups excluding carboxylic acids is 2. The lowest BCUT2D eigenvalue weighted by Crippen LogP contribution is -2.26.